The minimum atomic E-state index is -0.815. The van der Waals surface area contributed by atoms with Crippen LogP contribution in [0, 0.1) is 0 Å². The molecule has 3 rings (SSSR count). The summed E-state index contributed by atoms with van der Waals surface area (Å²) in [5.74, 6) is -0.539. The van der Waals surface area contributed by atoms with E-state index in [9.17, 15) is 14.7 Å². The fraction of sp³-hybridized carbons (Fsp3) is 0.375. The van der Waals surface area contributed by atoms with Gasteiger partial charge in [0.2, 0.25) is 0 Å². The van der Waals surface area contributed by atoms with Crippen LogP contribution in [0.4, 0.5) is 0 Å². The third-order valence-electron chi connectivity index (χ3n) is 3.94. The maximum absolute atomic E-state index is 12.3. The monoisotopic (exact) mass is 330 g/mol. The van der Waals surface area contributed by atoms with Crippen molar-refractivity contribution in [2.75, 3.05) is 20.3 Å². The van der Waals surface area contributed by atoms with E-state index in [1.807, 2.05) is 0 Å². The van der Waals surface area contributed by atoms with Crippen molar-refractivity contribution in [2.24, 2.45) is 0 Å². The minimum absolute atomic E-state index is 0.145. The first-order valence-corrected chi connectivity index (χ1v) is 7.64. The first kappa shape index (κ1) is 16.3. The summed E-state index contributed by atoms with van der Waals surface area (Å²) < 4.78 is 6.47. The second-order valence-corrected chi connectivity index (χ2v) is 5.51. The highest BCUT2D eigenvalue weighted by Gasteiger charge is 2.34. The number of imide groups is 1. The Morgan fingerprint density at radius 2 is 1.83 bits per heavy atom. The Balaban J connectivity index is 1.61. The van der Waals surface area contributed by atoms with E-state index in [-0.39, 0.29) is 25.0 Å². The van der Waals surface area contributed by atoms with Gasteiger partial charge in [-0.15, -0.1) is 5.10 Å². The summed E-state index contributed by atoms with van der Waals surface area (Å²) in [4.78, 5) is 25.8. The number of fused-ring (bicyclic) bond motifs is 1. The van der Waals surface area contributed by atoms with Crippen molar-refractivity contribution < 1.29 is 19.4 Å². The summed E-state index contributed by atoms with van der Waals surface area (Å²) in [5.41, 5.74) is 1.43. The number of methoxy groups -OCH3 is 1. The van der Waals surface area contributed by atoms with Gasteiger partial charge in [0.05, 0.1) is 29.6 Å². The highest BCUT2D eigenvalue weighted by atomic mass is 16.5. The summed E-state index contributed by atoms with van der Waals surface area (Å²) in [6.07, 6.45) is 1.18. The van der Waals surface area contributed by atoms with Gasteiger partial charge in [0.15, 0.2) is 0 Å². The molecular weight excluding hydrogens is 312 g/mol. The van der Waals surface area contributed by atoms with Crippen molar-refractivity contribution in [1.82, 2.24) is 19.9 Å². The van der Waals surface area contributed by atoms with Gasteiger partial charge in [-0.05, 0) is 18.6 Å². The number of hydrogen-bond donors (Lipinski definition) is 1. The highest BCUT2D eigenvalue weighted by molar-refractivity contribution is 6.21. The van der Waals surface area contributed by atoms with Gasteiger partial charge in [-0.1, -0.05) is 17.3 Å². The fourth-order valence-corrected chi connectivity index (χ4v) is 2.76. The zero-order valence-corrected chi connectivity index (χ0v) is 13.3. The van der Waals surface area contributed by atoms with E-state index < -0.39 is 6.10 Å². The Morgan fingerprint density at radius 1 is 1.17 bits per heavy atom. The van der Waals surface area contributed by atoms with Crippen molar-refractivity contribution in [3.63, 3.8) is 0 Å². The highest BCUT2D eigenvalue weighted by Crippen LogP contribution is 2.22. The third kappa shape index (κ3) is 2.93. The van der Waals surface area contributed by atoms with Crippen LogP contribution in [0.5, 0.6) is 0 Å². The number of carbonyl (C=O) groups excluding carboxylic acids is 2. The van der Waals surface area contributed by atoms with Crippen LogP contribution in [0.3, 0.4) is 0 Å². The van der Waals surface area contributed by atoms with Gasteiger partial charge in [-0.2, -0.15) is 0 Å². The van der Waals surface area contributed by atoms with Gasteiger partial charge in [-0.3, -0.25) is 14.5 Å². The fourth-order valence-electron chi connectivity index (χ4n) is 2.76. The van der Waals surface area contributed by atoms with E-state index in [1.54, 1.807) is 28.9 Å². The molecular formula is C16H18N4O4. The summed E-state index contributed by atoms with van der Waals surface area (Å²) >= 11 is 0. The molecule has 0 aliphatic carbocycles. The van der Waals surface area contributed by atoms with Gasteiger partial charge in [0, 0.05) is 20.2 Å². The molecule has 0 bridgehead atoms. The number of hydrogen-bond acceptors (Lipinski definition) is 6. The Morgan fingerprint density at radius 3 is 2.46 bits per heavy atom. The molecule has 8 nitrogen and oxygen atoms in total. The standard InChI is InChI=1S/C16H18N4O4/c1-24-10-14(21)13-9-17-18-20(13)8-4-7-19-15(22)11-5-2-3-6-12(11)16(19)23/h2-3,5-6,9,14,21H,4,7-8,10H2,1H3/t14-/m0/s1. The normalized spacial score (nSPS) is 15.0. The molecule has 1 aliphatic heterocycles. The number of aryl methyl sites for hydroxylation is 1. The van der Waals surface area contributed by atoms with E-state index in [2.05, 4.69) is 10.3 Å². The van der Waals surface area contributed by atoms with Gasteiger partial charge in [-0.25, -0.2) is 4.68 Å². The number of benzene rings is 1. The molecule has 0 unspecified atom stereocenters. The molecule has 2 heterocycles. The Kier molecular flexibility index (Phi) is 4.68. The Labute approximate surface area is 138 Å². The second-order valence-electron chi connectivity index (χ2n) is 5.51. The molecule has 1 atom stereocenters. The van der Waals surface area contributed by atoms with Gasteiger partial charge in [0.1, 0.15) is 6.10 Å². The summed E-state index contributed by atoms with van der Waals surface area (Å²) in [5, 5.41) is 17.7. The summed E-state index contributed by atoms with van der Waals surface area (Å²) in [6, 6.07) is 6.80. The number of rotatable bonds is 7. The molecule has 2 aromatic rings. The zero-order valence-electron chi connectivity index (χ0n) is 13.3. The number of amides is 2. The number of aliphatic hydroxyl groups is 1. The quantitative estimate of drug-likeness (QED) is 0.748. The topological polar surface area (TPSA) is 97.6 Å². The van der Waals surface area contributed by atoms with E-state index in [4.69, 9.17) is 4.74 Å². The lowest BCUT2D eigenvalue weighted by Gasteiger charge is -2.15. The van der Waals surface area contributed by atoms with Gasteiger partial charge < -0.3 is 9.84 Å². The molecule has 1 aliphatic rings. The van der Waals surface area contributed by atoms with Crippen LogP contribution < -0.4 is 0 Å². The predicted molar refractivity (Wildman–Crippen MR) is 83.3 cm³/mol. The number of aliphatic hydroxyl groups excluding tert-OH is 1. The molecule has 0 saturated heterocycles. The molecule has 0 fully saturated rings. The molecule has 2 amide bonds. The van der Waals surface area contributed by atoms with Crippen molar-refractivity contribution in [2.45, 2.75) is 19.1 Å². The second kappa shape index (κ2) is 6.90. The molecule has 0 spiro atoms. The predicted octanol–water partition coefficient (Wildman–Crippen LogP) is 0.644. The van der Waals surface area contributed by atoms with Crippen LogP contribution >= 0.6 is 0 Å². The maximum atomic E-state index is 12.3. The zero-order chi connectivity index (χ0) is 17.1. The van der Waals surface area contributed by atoms with E-state index in [0.29, 0.717) is 29.8 Å². The molecule has 1 N–H and O–H groups in total. The van der Waals surface area contributed by atoms with E-state index in [1.165, 1.54) is 18.2 Å². The molecule has 0 radical (unpaired) electrons. The molecule has 1 aromatic carbocycles. The van der Waals surface area contributed by atoms with Crippen molar-refractivity contribution in [3.05, 3.63) is 47.3 Å². The molecule has 24 heavy (non-hydrogen) atoms. The first-order chi connectivity index (χ1) is 11.6. The van der Waals surface area contributed by atoms with Crippen LogP contribution in [0.2, 0.25) is 0 Å². The van der Waals surface area contributed by atoms with Gasteiger partial charge >= 0.3 is 0 Å². The number of carbonyl (C=O) groups is 2. The first-order valence-electron chi connectivity index (χ1n) is 7.64. The number of aromatic nitrogens is 3. The Hall–Kier alpha value is -2.58. The van der Waals surface area contributed by atoms with Crippen molar-refractivity contribution in [1.29, 1.82) is 0 Å². The lowest BCUT2D eigenvalue weighted by atomic mass is 10.1. The van der Waals surface area contributed by atoms with Crippen LogP contribution in [-0.2, 0) is 11.3 Å². The summed E-state index contributed by atoms with van der Waals surface area (Å²) in [6.45, 7) is 0.862. The minimum Gasteiger partial charge on any atom is -0.384 e. The van der Waals surface area contributed by atoms with E-state index in [0.717, 1.165) is 0 Å². The summed E-state index contributed by atoms with van der Waals surface area (Å²) in [7, 11) is 1.50. The van der Waals surface area contributed by atoms with Crippen LogP contribution in [-0.4, -0.2) is 57.1 Å². The lowest BCUT2D eigenvalue weighted by molar-refractivity contribution is 0.0577. The Bertz CT molecular complexity index is 723. The molecule has 8 heteroatoms. The smallest absolute Gasteiger partial charge is 0.261 e. The molecule has 126 valence electrons. The molecule has 1 aromatic heterocycles. The number of nitrogens with zero attached hydrogens (tertiary/aromatic N) is 4. The van der Waals surface area contributed by atoms with Crippen LogP contribution in [0.1, 0.15) is 38.9 Å². The number of ether oxygens (including phenoxy) is 1. The lowest BCUT2D eigenvalue weighted by Crippen LogP contribution is -2.31. The van der Waals surface area contributed by atoms with Crippen LogP contribution in [0.25, 0.3) is 0 Å². The maximum Gasteiger partial charge on any atom is 0.261 e. The SMILES string of the molecule is COC[C@H](O)c1cnnn1CCCN1C(=O)c2ccccc2C1=O. The van der Waals surface area contributed by atoms with E-state index >= 15 is 0 Å². The van der Waals surface area contributed by atoms with Crippen molar-refractivity contribution in [3.8, 4) is 0 Å². The van der Waals surface area contributed by atoms with Crippen molar-refractivity contribution >= 4 is 11.8 Å². The third-order valence-corrected chi connectivity index (χ3v) is 3.94. The average Bonchev–Trinajstić information content (AvgIpc) is 3.14. The molecule has 0 saturated carbocycles. The largest absolute Gasteiger partial charge is 0.384 e. The van der Waals surface area contributed by atoms with Gasteiger partial charge in [0.25, 0.3) is 11.8 Å². The van der Waals surface area contributed by atoms with Crippen LogP contribution in [0.15, 0.2) is 30.5 Å². The average molecular weight is 330 g/mol.